The molecular formula is C30H28N4. The molecule has 4 heterocycles. The van der Waals surface area contributed by atoms with Gasteiger partial charge in [-0.1, -0.05) is 24.3 Å². The Balaban J connectivity index is 1.22. The van der Waals surface area contributed by atoms with Gasteiger partial charge in [-0.05, 0) is 97.6 Å². The molecule has 3 aliphatic rings. The smallest absolute Gasteiger partial charge is 0.0963 e. The minimum Gasteiger partial charge on any atom is -0.259 e. The van der Waals surface area contributed by atoms with Gasteiger partial charge < -0.3 is 0 Å². The van der Waals surface area contributed by atoms with Gasteiger partial charge in [0.2, 0.25) is 0 Å². The number of benzene rings is 2. The van der Waals surface area contributed by atoms with Crippen molar-refractivity contribution in [2.75, 3.05) is 0 Å². The van der Waals surface area contributed by atoms with E-state index < -0.39 is 0 Å². The molecule has 0 bridgehead atoms. The van der Waals surface area contributed by atoms with Crippen molar-refractivity contribution in [2.45, 2.75) is 57.3 Å². The van der Waals surface area contributed by atoms with Crippen LogP contribution in [0.15, 0.2) is 58.8 Å². The highest BCUT2D eigenvalue weighted by Gasteiger charge is 2.29. The van der Waals surface area contributed by atoms with Crippen LogP contribution in [0.25, 0.3) is 21.8 Å². The fourth-order valence-electron chi connectivity index (χ4n) is 6.46. The largest absolute Gasteiger partial charge is 0.259 e. The highest BCUT2D eigenvalue weighted by molar-refractivity contribution is 5.96. The van der Waals surface area contributed by atoms with Gasteiger partial charge in [-0.15, -0.1) is 0 Å². The number of nitrogens with zero attached hydrogens (tertiary/aromatic N) is 4. The minimum absolute atomic E-state index is 0.597. The molecule has 168 valence electrons. The van der Waals surface area contributed by atoms with E-state index in [0.29, 0.717) is 11.8 Å². The summed E-state index contributed by atoms with van der Waals surface area (Å²) in [7, 11) is 0. The van der Waals surface area contributed by atoms with Gasteiger partial charge in [-0.3, -0.25) is 20.0 Å². The van der Waals surface area contributed by atoms with Gasteiger partial charge in [0.1, 0.15) is 0 Å². The lowest BCUT2D eigenvalue weighted by atomic mass is 9.87. The van der Waals surface area contributed by atoms with E-state index in [1.165, 1.54) is 52.3 Å². The van der Waals surface area contributed by atoms with Crippen LogP contribution in [-0.4, -0.2) is 22.4 Å². The normalized spacial score (nSPS) is 21.2. The third-order valence-electron chi connectivity index (χ3n) is 8.02. The van der Waals surface area contributed by atoms with Crippen molar-refractivity contribution in [1.82, 2.24) is 9.97 Å². The summed E-state index contributed by atoms with van der Waals surface area (Å²) >= 11 is 0. The standard InChI is InChI=1S/C30H28N4/c1-5-21-17-23(24-7-3-13-33-29(24)27(21)31-11-1)16-19-9-10-20(15-19)26-18-22-6-2-12-32-28(22)30-25(26)8-4-14-34-30/h3-4,7-8,11-14,17-20H,1-2,5-6,9-10,15-16H2. The van der Waals surface area contributed by atoms with Crippen LogP contribution in [0.2, 0.25) is 0 Å². The van der Waals surface area contributed by atoms with Crippen molar-refractivity contribution in [3.05, 3.63) is 71.0 Å². The number of fused-ring (bicyclic) bond motifs is 6. The molecule has 0 saturated heterocycles. The van der Waals surface area contributed by atoms with E-state index in [0.717, 1.165) is 54.5 Å². The molecule has 2 aromatic heterocycles. The molecule has 0 spiro atoms. The maximum absolute atomic E-state index is 4.76. The lowest BCUT2D eigenvalue weighted by Gasteiger charge is -2.20. The molecule has 4 heteroatoms. The number of aromatic nitrogens is 2. The van der Waals surface area contributed by atoms with Gasteiger partial charge in [0, 0.05) is 35.6 Å². The predicted molar refractivity (Wildman–Crippen MR) is 140 cm³/mol. The Labute approximate surface area is 199 Å². The second-order valence-electron chi connectivity index (χ2n) is 10.1. The number of aliphatic imine (C=N–C) groups is 2. The van der Waals surface area contributed by atoms with Crippen LogP contribution >= 0.6 is 0 Å². The molecule has 2 atom stereocenters. The molecule has 1 fully saturated rings. The lowest BCUT2D eigenvalue weighted by Crippen LogP contribution is -2.05. The molecule has 4 nitrogen and oxygen atoms in total. The first kappa shape index (κ1) is 20.0. The van der Waals surface area contributed by atoms with E-state index in [1.54, 1.807) is 0 Å². The predicted octanol–water partition coefficient (Wildman–Crippen LogP) is 7.21. The van der Waals surface area contributed by atoms with Crippen molar-refractivity contribution in [3.63, 3.8) is 0 Å². The van der Waals surface area contributed by atoms with Gasteiger partial charge in [-0.2, -0.15) is 0 Å². The highest BCUT2D eigenvalue weighted by atomic mass is 14.8. The lowest BCUT2D eigenvalue weighted by molar-refractivity contribution is 0.538. The van der Waals surface area contributed by atoms with E-state index in [4.69, 9.17) is 20.0 Å². The van der Waals surface area contributed by atoms with Gasteiger partial charge in [-0.25, -0.2) is 0 Å². The molecule has 0 radical (unpaired) electrons. The molecule has 1 aliphatic carbocycles. The molecule has 0 amide bonds. The van der Waals surface area contributed by atoms with Gasteiger partial charge in [0.05, 0.1) is 22.4 Å². The Hall–Kier alpha value is -3.40. The number of rotatable bonds is 3. The van der Waals surface area contributed by atoms with Gasteiger partial charge in [0.15, 0.2) is 0 Å². The zero-order valence-electron chi connectivity index (χ0n) is 19.4. The summed E-state index contributed by atoms with van der Waals surface area (Å²) in [5.74, 6) is 1.29. The SMILES string of the molecule is C1=Nc2c(cc(CC3CCC(c4cc5c(c6ncccc46)N=CCC5)C3)c3cccnc23)CC1. The summed E-state index contributed by atoms with van der Waals surface area (Å²) < 4.78 is 0. The first-order chi connectivity index (χ1) is 16.8. The van der Waals surface area contributed by atoms with E-state index >= 15 is 0 Å². The zero-order valence-corrected chi connectivity index (χ0v) is 19.4. The van der Waals surface area contributed by atoms with Crippen LogP contribution in [0.1, 0.15) is 60.3 Å². The third kappa shape index (κ3) is 3.27. The Morgan fingerprint density at radius 3 is 2.21 bits per heavy atom. The summed E-state index contributed by atoms with van der Waals surface area (Å²) in [5, 5.41) is 2.58. The quantitative estimate of drug-likeness (QED) is 0.335. The number of hydrogen-bond donors (Lipinski definition) is 0. The fourth-order valence-corrected chi connectivity index (χ4v) is 6.46. The van der Waals surface area contributed by atoms with Crippen molar-refractivity contribution in [1.29, 1.82) is 0 Å². The van der Waals surface area contributed by atoms with Gasteiger partial charge >= 0.3 is 0 Å². The van der Waals surface area contributed by atoms with Crippen molar-refractivity contribution in [2.24, 2.45) is 15.9 Å². The maximum atomic E-state index is 4.76. The van der Waals surface area contributed by atoms with E-state index in [1.807, 2.05) is 24.8 Å². The summed E-state index contributed by atoms with van der Waals surface area (Å²) in [6, 6.07) is 13.5. The molecule has 1 saturated carbocycles. The summed E-state index contributed by atoms with van der Waals surface area (Å²) in [6.07, 6.45) is 17.0. The first-order valence-electron chi connectivity index (χ1n) is 12.7. The average Bonchev–Trinajstić information content (AvgIpc) is 3.37. The molecule has 4 aromatic rings. The Bertz CT molecular complexity index is 1480. The second-order valence-corrected chi connectivity index (χ2v) is 10.1. The van der Waals surface area contributed by atoms with Crippen molar-refractivity contribution >= 4 is 45.6 Å². The fraction of sp³-hybridized carbons (Fsp3) is 0.333. The average molecular weight is 445 g/mol. The molecule has 0 N–H and O–H groups in total. The maximum Gasteiger partial charge on any atom is 0.0963 e. The summed E-state index contributed by atoms with van der Waals surface area (Å²) in [6.45, 7) is 0. The Kier molecular flexibility index (Phi) is 4.78. The van der Waals surface area contributed by atoms with Crippen LogP contribution in [0.5, 0.6) is 0 Å². The second kappa shape index (κ2) is 8.12. The van der Waals surface area contributed by atoms with Crippen LogP contribution in [0, 0.1) is 5.92 Å². The number of aryl methyl sites for hydroxylation is 2. The van der Waals surface area contributed by atoms with E-state index in [9.17, 15) is 0 Å². The van der Waals surface area contributed by atoms with Crippen LogP contribution in [0.4, 0.5) is 11.4 Å². The highest BCUT2D eigenvalue weighted by Crippen LogP contribution is 2.46. The molecule has 34 heavy (non-hydrogen) atoms. The van der Waals surface area contributed by atoms with Crippen LogP contribution in [-0.2, 0) is 19.3 Å². The Morgan fingerprint density at radius 1 is 0.765 bits per heavy atom. The first-order valence-corrected chi connectivity index (χ1v) is 12.7. The molecular weight excluding hydrogens is 416 g/mol. The van der Waals surface area contributed by atoms with Crippen molar-refractivity contribution in [3.8, 4) is 0 Å². The monoisotopic (exact) mass is 444 g/mol. The van der Waals surface area contributed by atoms with Crippen LogP contribution in [0.3, 0.4) is 0 Å². The number of hydrogen-bond acceptors (Lipinski definition) is 4. The summed E-state index contributed by atoms with van der Waals surface area (Å²) in [4.78, 5) is 18.9. The topological polar surface area (TPSA) is 50.5 Å². The molecule has 2 aliphatic heterocycles. The third-order valence-corrected chi connectivity index (χ3v) is 8.02. The number of pyridine rings is 2. The van der Waals surface area contributed by atoms with Crippen molar-refractivity contribution < 1.29 is 0 Å². The van der Waals surface area contributed by atoms with Crippen LogP contribution < -0.4 is 0 Å². The van der Waals surface area contributed by atoms with E-state index in [-0.39, 0.29) is 0 Å². The molecule has 2 aromatic carbocycles. The zero-order chi connectivity index (χ0) is 22.5. The minimum atomic E-state index is 0.597. The molecule has 2 unspecified atom stereocenters. The Morgan fingerprint density at radius 2 is 1.44 bits per heavy atom. The summed E-state index contributed by atoms with van der Waals surface area (Å²) in [5.41, 5.74) is 10.0. The van der Waals surface area contributed by atoms with Gasteiger partial charge in [0.25, 0.3) is 0 Å². The van der Waals surface area contributed by atoms with E-state index in [2.05, 4.69) is 36.4 Å². The molecule has 7 rings (SSSR count).